The molecule has 4 amide bonds. The van der Waals surface area contributed by atoms with Crippen LogP contribution in [0.5, 0.6) is 5.75 Å². The minimum atomic E-state index is -4.82. The van der Waals surface area contributed by atoms with Gasteiger partial charge in [-0.3, -0.25) is 24.2 Å². The van der Waals surface area contributed by atoms with Gasteiger partial charge < -0.3 is 31.1 Å². The molecule has 2 aliphatic heterocycles. The van der Waals surface area contributed by atoms with Crippen LogP contribution in [0, 0.1) is 0 Å². The fourth-order valence-electron chi connectivity index (χ4n) is 6.64. The fraction of sp³-hybridized carbons (Fsp3) is 0.227. The molecule has 12 nitrogen and oxygen atoms in total. The van der Waals surface area contributed by atoms with E-state index in [0.29, 0.717) is 16.7 Å². The lowest BCUT2D eigenvalue weighted by Gasteiger charge is -2.27. The number of nitrogens with zero attached hydrogens (tertiary/aromatic N) is 1. The molecule has 4 aromatic carbocycles. The lowest BCUT2D eigenvalue weighted by atomic mass is 9.97. The van der Waals surface area contributed by atoms with Gasteiger partial charge in [-0.1, -0.05) is 84.9 Å². The molecule has 0 spiro atoms. The minimum Gasteiger partial charge on any atom is -0.484 e. The van der Waals surface area contributed by atoms with Crippen molar-refractivity contribution in [3.63, 3.8) is 0 Å². The summed E-state index contributed by atoms with van der Waals surface area (Å²) in [5, 5.41) is 20.4. The van der Waals surface area contributed by atoms with Gasteiger partial charge in [0.1, 0.15) is 29.9 Å². The second-order valence-electron chi connectivity index (χ2n) is 14.0. The summed E-state index contributed by atoms with van der Waals surface area (Å²) in [4.78, 5) is 72.2. The Bertz CT molecular complexity index is 2260. The quantitative estimate of drug-likeness (QED) is 0.143. The molecule has 304 valence electrons. The smallest absolute Gasteiger partial charge is 0.416 e. The van der Waals surface area contributed by atoms with Crippen LogP contribution >= 0.6 is 0 Å². The molecule has 3 heterocycles. The molecule has 5 N–H and O–H groups in total. The molecule has 7 rings (SSSR count). The molecular formula is C44H40F3N5O7. The molecule has 1 aromatic heterocycles. The molecule has 59 heavy (non-hydrogen) atoms. The summed E-state index contributed by atoms with van der Waals surface area (Å²) in [5.74, 6) is -4.65. The number of benzene rings is 4. The number of rotatable bonds is 8. The van der Waals surface area contributed by atoms with Crippen molar-refractivity contribution in [2.75, 3.05) is 6.61 Å². The van der Waals surface area contributed by atoms with Crippen molar-refractivity contribution in [2.45, 2.75) is 56.0 Å². The van der Waals surface area contributed by atoms with E-state index in [1.165, 1.54) is 48.8 Å². The zero-order chi connectivity index (χ0) is 41.9. The highest BCUT2D eigenvalue weighted by Gasteiger charge is 2.36. The minimum absolute atomic E-state index is 0.0231. The van der Waals surface area contributed by atoms with Gasteiger partial charge in [0.2, 0.25) is 17.7 Å². The summed E-state index contributed by atoms with van der Waals surface area (Å²) in [6, 6.07) is 24.5. The first-order valence-corrected chi connectivity index (χ1v) is 18.7. The van der Waals surface area contributed by atoms with Gasteiger partial charge in [-0.2, -0.15) is 13.2 Å². The lowest BCUT2D eigenvalue weighted by molar-refractivity contribution is -0.142. The Morgan fingerprint density at radius 2 is 1.19 bits per heavy atom. The number of carbonyl (C=O) groups is 5. The zero-order valence-corrected chi connectivity index (χ0v) is 31.4. The number of carboxylic acids is 1. The summed E-state index contributed by atoms with van der Waals surface area (Å²) in [5.41, 5.74) is 2.06. The number of aliphatic carboxylic acids is 1. The molecule has 0 saturated carbocycles. The molecule has 4 atom stereocenters. The highest BCUT2D eigenvalue weighted by atomic mass is 19.4. The van der Waals surface area contributed by atoms with Gasteiger partial charge in [0.25, 0.3) is 5.91 Å². The number of hydrogen-bond acceptors (Lipinski definition) is 7. The summed E-state index contributed by atoms with van der Waals surface area (Å²) in [7, 11) is 0. The molecule has 0 fully saturated rings. The Hall–Kier alpha value is -7.03. The Morgan fingerprint density at radius 3 is 1.81 bits per heavy atom. The summed E-state index contributed by atoms with van der Waals surface area (Å²) in [6.07, 6.45) is -2.89. The normalized spacial score (nSPS) is 19.4. The Labute approximate surface area is 337 Å². The highest BCUT2D eigenvalue weighted by molar-refractivity contribution is 5.95. The Morgan fingerprint density at radius 1 is 0.644 bits per heavy atom. The first kappa shape index (κ1) is 41.6. The van der Waals surface area contributed by atoms with Crippen LogP contribution in [-0.2, 0) is 55.8 Å². The number of carbonyl (C=O) groups excluding carboxylic acids is 4. The number of aromatic nitrogens is 1. The molecule has 2 aliphatic rings. The molecule has 0 unspecified atom stereocenters. The van der Waals surface area contributed by atoms with Crippen LogP contribution in [-0.4, -0.2) is 70.5 Å². The van der Waals surface area contributed by atoms with Crippen LogP contribution < -0.4 is 26.0 Å². The monoisotopic (exact) mass is 807 g/mol. The molecule has 0 radical (unpaired) electrons. The highest BCUT2D eigenvalue weighted by Crippen LogP contribution is 2.32. The third kappa shape index (κ3) is 11.5. The number of pyridine rings is 1. The van der Waals surface area contributed by atoms with Crippen LogP contribution in [0.4, 0.5) is 13.2 Å². The van der Waals surface area contributed by atoms with Crippen molar-refractivity contribution in [2.24, 2.45) is 0 Å². The lowest BCUT2D eigenvalue weighted by Crippen LogP contribution is -2.59. The maximum Gasteiger partial charge on any atom is 0.416 e. The molecule has 15 heteroatoms. The molecule has 0 aliphatic carbocycles. The van der Waals surface area contributed by atoms with Gasteiger partial charge in [-0.25, -0.2) is 4.79 Å². The van der Waals surface area contributed by atoms with E-state index in [4.69, 9.17) is 4.74 Å². The van der Waals surface area contributed by atoms with E-state index < -0.39 is 78.5 Å². The number of fused-ring (bicyclic) bond motifs is 16. The average Bonchev–Trinajstić information content (AvgIpc) is 3.22. The van der Waals surface area contributed by atoms with Gasteiger partial charge >= 0.3 is 12.1 Å². The van der Waals surface area contributed by atoms with E-state index in [1.54, 1.807) is 24.3 Å². The van der Waals surface area contributed by atoms with Gasteiger partial charge in [0, 0.05) is 38.1 Å². The zero-order valence-electron chi connectivity index (χ0n) is 31.4. The first-order chi connectivity index (χ1) is 28.3. The van der Waals surface area contributed by atoms with Crippen LogP contribution in [0.3, 0.4) is 0 Å². The standard InChI is InChI=1S/C44H40F3N5O7/c45-44(46,47)34-9-5-4-8-32(34)25-37-42(56)52-38(43(57)58)24-28-12-16-33(17-13-28)59-26-39(53)49-35(23-29-18-20-48-21-19-29)40(54)50-36(41(55)51-37)22-27-10-14-31(15-11-27)30-6-2-1-3-7-30/h1-21,35-38H,22-26H2,(H,49,53)(H,50,54)(H,51,55)(H,52,56)(H,57,58)/t35-,36+,37-,38-/m0/s1. The van der Waals surface area contributed by atoms with Crippen molar-refractivity contribution in [3.8, 4) is 16.9 Å². The maximum absolute atomic E-state index is 14.4. The summed E-state index contributed by atoms with van der Waals surface area (Å²) < 4.78 is 48.2. The van der Waals surface area contributed by atoms with Gasteiger partial charge in [0.15, 0.2) is 6.61 Å². The third-order valence-corrected chi connectivity index (χ3v) is 9.70. The average molecular weight is 808 g/mol. The number of alkyl halides is 3. The number of halogens is 3. The number of amides is 4. The number of nitrogens with one attached hydrogen (secondary N) is 4. The molecule has 5 aromatic rings. The van der Waals surface area contributed by atoms with E-state index in [2.05, 4.69) is 26.3 Å². The Kier molecular flexibility index (Phi) is 13.4. The van der Waals surface area contributed by atoms with Crippen LogP contribution in [0.2, 0.25) is 0 Å². The summed E-state index contributed by atoms with van der Waals surface area (Å²) >= 11 is 0. The third-order valence-electron chi connectivity index (χ3n) is 9.70. The second kappa shape index (κ2) is 18.9. The Balaban J connectivity index is 1.38. The van der Waals surface area contributed by atoms with Crippen LogP contribution in [0.15, 0.2) is 128 Å². The van der Waals surface area contributed by atoms with Crippen LogP contribution in [0.1, 0.15) is 27.8 Å². The van der Waals surface area contributed by atoms with Gasteiger partial charge in [0.05, 0.1) is 5.56 Å². The van der Waals surface area contributed by atoms with E-state index in [9.17, 15) is 42.3 Å². The van der Waals surface area contributed by atoms with E-state index in [0.717, 1.165) is 23.3 Å². The summed E-state index contributed by atoms with van der Waals surface area (Å²) in [6.45, 7) is -0.494. The molecule has 0 saturated heterocycles. The molecular weight excluding hydrogens is 768 g/mol. The number of ether oxygens (including phenoxy) is 1. The fourth-order valence-corrected chi connectivity index (χ4v) is 6.64. The van der Waals surface area contributed by atoms with Crippen molar-refractivity contribution < 1.29 is 47.0 Å². The number of hydrogen-bond donors (Lipinski definition) is 5. The van der Waals surface area contributed by atoms with E-state index >= 15 is 0 Å². The van der Waals surface area contributed by atoms with Gasteiger partial charge in [-0.15, -0.1) is 0 Å². The number of carboxylic acid groups (broad SMARTS) is 1. The first-order valence-electron chi connectivity index (χ1n) is 18.7. The van der Waals surface area contributed by atoms with Gasteiger partial charge in [-0.05, 0) is 63.7 Å². The van der Waals surface area contributed by atoms with E-state index in [-0.39, 0.29) is 30.6 Å². The second-order valence-corrected chi connectivity index (χ2v) is 14.0. The largest absolute Gasteiger partial charge is 0.484 e. The predicted octanol–water partition coefficient (Wildman–Crippen LogP) is 4.45. The predicted molar refractivity (Wildman–Crippen MR) is 210 cm³/mol. The van der Waals surface area contributed by atoms with Crippen molar-refractivity contribution in [3.05, 3.63) is 155 Å². The van der Waals surface area contributed by atoms with Crippen molar-refractivity contribution in [1.29, 1.82) is 0 Å². The van der Waals surface area contributed by atoms with Crippen molar-refractivity contribution in [1.82, 2.24) is 26.3 Å². The van der Waals surface area contributed by atoms with E-state index in [1.807, 2.05) is 42.5 Å². The van der Waals surface area contributed by atoms with Crippen LogP contribution in [0.25, 0.3) is 11.1 Å². The maximum atomic E-state index is 14.4. The molecule has 2 bridgehead atoms. The van der Waals surface area contributed by atoms with Crippen molar-refractivity contribution >= 4 is 29.6 Å². The SMILES string of the molecule is O=C1COc2ccc(cc2)C[C@@H](C(=O)O)NC(=O)[C@H](Cc2ccccc2C(F)(F)F)NC(=O)[C@@H](Cc2ccc(-c3ccccc3)cc2)NC(=O)[C@H](Cc2ccncc2)N1. The topological polar surface area (TPSA) is 176 Å².